The molecule has 0 unspecified atom stereocenters. The summed E-state index contributed by atoms with van der Waals surface area (Å²) >= 11 is 0. The van der Waals surface area contributed by atoms with Crippen LogP contribution in [0, 0.1) is 5.82 Å². The summed E-state index contributed by atoms with van der Waals surface area (Å²) in [6.07, 6.45) is 6.24. The van der Waals surface area contributed by atoms with Crippen molar-refractivity contribution in [1.29, 1.82) is 0 Å². The second-order valence-electron chi connectivity index (χ2n) is 7.05. The highest BCUT2D eigenvalue weighted by molar-refractivity contribution is 5.58. The maximum Gasteiger partial charge on any atom is 0.159 e. The summed E-state index contributed by atoms with van der Waals surface area (Å²) in [5, 5.41) is 4.08. The number of fused-ring (bicyclic) bond motifs is 1. The predicted octanol–water partition coefficient (Wildman–Crippen LogP) is 3.89. The molecule has 1 aromatic carbocycles. The molecule has 0 N–H and O–H groups in total. The number of nitrogens with zero attached hydrogens (tertiary/aromatic N) is 5. The summed E-state index contributed by atoms with van der Waals surface area (Å²) in [4.78, 5) is 15.6. The number of pyridine rings is 1. The smallest absolute Gasteiger partial charge is 0.159 e. The van der Waals surface area contributed by atoms with Crippen LogP contribution in [0.15, 0.2) is 65.6 Å². The topological polar surface area (TPSA) is 67.9 Å². The molecule has 0 saturated heterocycles. The minimum absolute atomic E-state index is 0.286. The molecule has 1 aliphatic heterocycles. The molecule has 0 fully saturated rings. The normalized spacial score (nSPS) is 14.0. The van der Waals surface area contributed by atoms with Crippen molar-refractivity contribution in [2.75, 3.05) is 6.54 Å². The molecular weight excluding hydrogens is 369 g/mol. The van der Waals surface area contributed by atoms with Gasteiger partial charge in [-0.05, 0) is 24.3 Å². The van der Waals surface area contributed by atoms with Crippen LogP contribution in [-0.2, 0) is 19.5 Å². The fraction of sp³-hybridized carbons (Fsp3) is 0.182. The monoisotopic (exact) mass is 387 g/mol. The van der Waals surface area contributed by atoms with Crippen LogP contribution in [0.1, 0.15) is 17.0 Å². The van der Waals surface area contributed by atoms with Crippen LogP contribution in [0.25, 0.3) is 22.6 Å². The Balaban J connectivity index is 1.29. The summed E-state index contributed by atoms with van der Waals surface area (Å²) in [5.41, 5.74) is 4.53. The van der Waals surface area contributed by atoms with Crippen molar-refractivity contribution in [3.05, 3.63) is 83.9 Å². The van der Waals surface area contributed by atoms with E-state index in [9.17, 15) is 4.39 Å². The van der Waals surface area contributed by atoms with E-state index in [1.165, 1.54) is 12.1 Å². The van der Waals surface area contributed by atoms with Crippen molar-refractivity contribution in [1.82, 2.24) is 25.0 Å². The van der Waals surface area contributed by atoms with Gasteiger partial charge in [0.1, 0.15) is 11.5 Å². The maximum atomic E-state index is 13.4. The molecule has 0 radical (unpaired) electrons. The van der Waals surface area contributed by atoms with Gasteiger partial charge in [0.05, 0.1) is 12.2 Å². The molecule has 1 aliphatic rings. The van der Waals surface area contributed by atoms with Crippen LogP contribution in [-0.4, -0.2) is 31.6 Å². The highest BCUT2D eigenvalue weighted by Gasteiger charge is 2.20. The molecule has 144 valence electrons. The first kappa shape index (κ1) is 17.6. The summed E-state index contributed by atoms with van der Waals surface area (Å²) in [6, 6.07) is 12.1. The number of benzene rings is 1. The molecular formula is C22H18FN5O. The highest BCUT2D eigenvalue weighted by Crippen LogP contribution is 2.24. The number of hydrogen-bond acceptors (Lipinski definition) is 6. The van der Waals surface area contributed by atoms with Gasteiger partial charge >= 0.3 is 0 Å². The van der Waals surface area contributed by atoms with E-state index in [1.807, 2.05) is 30.5 Å². The lowest BCUT2D eigenvalue weighted by Gasteiger charge is -2.27. The standard InChI is InChI=1S/C22H18FN5O/c23-18-3-1-2-16(10-18)21-11-19(29-27-21)14-28-9-6-20-17(13-28)12-25-22(26-20)15-4-7-24-8-5-15/h1-5,7-8,10-12H,6,9,13-14H2. The highest BCUT2D eigenvalue weighted by atomic mass is 19.1. The predicted molar refractivity (Wildman–Crippen MR) is 105 cm³/mol. The SMILES string of the molecule is Fc1cccc(-c2cc(CN3CCc4nc(-c5ccncc5)ncc4C3)on2)c1. The second kappa shape index (κ2) is 7.52. The van der Waals surface area contributed by atoms with Gasteiger partial charge in [-0.3, -0.25) is 9.88 Å². The van der Waals surface area contributed by atoms with Gasteiger partial charge in [0.2, 0.25) is 0 Å². The van der Waals surface area contributed by atoms with Gasteiger partial charge in [-0.1, -0.05) is 17.3 Å². The average molecular weight is 387 g/mol. The van der Waals surface area contributed by atoms with Crippen molar-refractivity contribution in [2.45, 2.75) is 19.5 Å². The van der Waals surface area contributed by atoms with Crippen LogP contribution in [0.3, 0.4) is 0 Å². The number of hydrogen-bond donors (Lipinski definition) is 0. The van der Waals surface area contributed by atoms with Gasteiger partial charge in [0, 0.05) is 60.9 Å². The Bertz CT molecular complexity index is 1140. The van der Waals surface area contributed by atoms with Crippen molar-refractivity contribution in [3.8, 4) is 22.6 Å². The molecule has 0 atom stereocenters. The first-order chi connectivity index (χ1) is 14.2. The molecule has 0 spiro atoms. The molecule has 5 rings (SSSR count). The molecule has 4 heterocycles. The molecule has 3 aromatic heterocycles. The van der Waals surface area contributed by atoms with Crippen LogP contribution in [0.2, 0.25) is 0 Å². The van der Waals surface area contributed by atoms with E-state index < -0.39 is 0 Å². The number of aromatic nitrogens is 4. The zero-order valence-electron chi connectivity index (χ0n) is 15.6. The summed E-state index contributed by atoms with van der Waals surface area (Å²) < 4.78 is 18.9. The Morgan fingerprint density at radius 1 is 1.07 bits per heavy atom. The zero-order valence-corrected chi connectivity index (χ0v) is 15.6. The van der Waals surface area contributed by atoms with E-state index in [2.05, 4.69) is 20.0 Å². The van der Waals surface area contributed by atoms with Crippen LogP contribution >= 0.6 is 0 Å². The molecule has 6 nitrogen and oxygen atoms in total. The Labute approximate surface area is 167 Å². The van der Waals surface area contributed by atoms with E-state index in [-0.39, 0.29) is 5.82 Å². The lowest BCUT2D eigenvalue weighted by molar-refractivity contribution is 0.213. The largest absolute Gasteiger partial charge is 0.359 e. The lowest BCUT2D eigenvalue weighted by Crippen LogP contribution is -2.30. The number of halogens is 1. The summed E-state index contributed by atoms with van der Waals surface area (Å²) in [7, 11) is 0. The first-order valence-corrected chi connectivity index (χ1v) is 9.44. The minimum atomic E-state index is -0.286. The van der Waals surface area contributed by atoms with Crippen LogP contribution in [0.5, 0.6) is 0 Å². The van der Waals surface area contributed by atoms with E-state index >= 15 is 0 Å². The Kier molecular flexibility index (Phi) is 4.57. The fourth-order valence-electron chi connectivity index (χ4n) is 3.54. The van der Waals surface area contributed by atoms with Crippen LogP contribution in [0.4, 0.5) is 4.39 Å². The molecule has 29 heavy (non-hydrogen) atoms. The third-order valence-corrected chi connectivity index (χ3v) is 5.01. The zero-order chi connectivity index (χ0) is 19.6. The minimum Gasteiger partial charge on any atom is -0.359 e. The van der Waals surface area contributed by atoms with Gasteiger partial charge < -0.3 is 4.52 Å². The average Bonchev–Trinajstić information content (AvgIpc) is 3.22. The maximum absolute atomic E-state index is 13.4. The Hall–Kier alpha value is -3.45. The molecule has 0 bridgehead atoms. The third-order valence-electron chi connectivity index (χ3n) is 5.01. The van der Waals surface area contributed by atoms with E-state index in [0.29, 0.717) is 17.8 Å². The lowest BCUT2D eigenvalue weighted by atomic mass is 10.1. The van der Waals surface area contributed by atoms with Gasteiger partial charge in [-0.15, -0.1) is 0 Å². The van der Waals surface area contributed by atoms with E-state index in [0.717, 1.165) is 47.9 Å². The number of rotatable bonds is 4. The molecule has 0 aliphatic carbocycles. The quantitative estimate of drug-likeness (QED) is 0.529. The van der Waals surface area contributed by atoms with Crippen LogP contribution < -0.4 is 0 Å². The summed E-state index contributed by atoms with van der Waals surface area (Å²) in [6.45, 7) is 2.26. The molecule has 7 heteroatoms. The van der Waals surface area contributed by atoms with Gasteiger partial charge in [0.25, 0.3) is 0 Å². The van der Waals surface area contributed by atoms with E-state index in [4.69, 9.17) is 9.51 Å². The first-order valence-electron chi connectivity index (χ1n) is 9.44. The van der Waals surface area contributed by atoms with Crippen molar-refractivity contribution in [2.24, 2.45) is 0 Å². The summed E-state index contributed by atoms with van der Waals surface area (Å²) in [5.74, 6) is 1.20. The Morgan fingerprint density at radius 2 is 1.97 bits per heavy atom. The van der Waals surface area contributed by atoms with Gasteiger partial charge in [-0.25, -0.2) is 14.4 Å². The second-order valence-corrected chi connectivity index (χ2v) is 7.05. The molecule has 4 aromatic rings. The molecule has 0 amide bonds. The fourth-order valence-corrected chi connectivity index (χ4v) is 3.54. The van der Waals surface area contributed by atoms with Crippen molar-refractivity contribution in [3.63, 3.8) is 0 Å². The van der Waals surface area contributed by atoms with Gasteiger partial charge in [0.15, 0.2) is 11.6 Å². The van der Waals surface area contributed by atoms with Crippen molar-refractivity contribution < 1.29 is 8.91 Å². The molecule has 0 saturated carbocycles. The van der Waals surface area contributed by atoms with Gasteiger partial charge in [-0.2, -0.15) is 0 Å². The third kappa shape index (κ3) is 3.77. The van der Waals surface area contributed by atoms with E-state index in [1.54, 1.807) is 18.5 Å². The Morgan fingerprint density at radius 3 is 2.83 bits per heavy atom. The van der Waals surface area contributed by atoms with Crippen molar-refractivity contribution >= 4 is 0 Å².